The molecule has 0 spiro atoms. The lowest BCUT2D eigenvalue weighted by Gasteiger charge is -2.21. The van der Waals surface area contributed by atoms with Crippen molar-refractivity contribution in [2.24, 2.45) is 0 Å². The minimum Gasteiger partial charge on any atom is -0.494 e. The average Bonchev–Trinajstić information content (AvgIpc) is 2.35. The number of carboxylic acid groups (broad SMARTS) is 1. The summed E-state index contributed by atoms with van der Waals surface area (Å²) in [5.74, 6) is -0.771. The van der Waals surface area contributed by atoms with Gasteiger partial charge in [0.2, 0.25) is 5.91 Å². The van der Waals surface area contributed by atoms with Crippen molar-refractivity contribution in [3.05, 3.63) is 17.7 Å². The van der Waals surface area contributed by atoms with Gasteiger partial charge in [0, 0.05) is 14.0 Å². The van der Waals surface area contributed by atoms with Crippen molar-refractivity contribution in [2.75, 3.05) is 26.2 Å². The summed E-state index contributed by atoms with van der Waals surface area (Å²) >= 11 is 0. The number of carbonyl (C=O) groups excluding carboxylic acids is 1. The van der Waals surface area contributed by atoms with Crippen molar-refractivity contribution in [1.82, 2.24) is 0 Å². The van der Waals surface area contributed by atoms with E-state index in [0.29, 0.717) is 5.69 Å². The van der Waals surface area contributed by atoms with Crippen LogP contribution in [0.1, 0.15) is 17.3 Å². The summed E-state index contributed by atoms with van der Waals surface area (Å²) in [5.41, 5.74) is 0.432. The van der Waals surface area contributed by atoms with Crippen LogP contribution in [-0.4, -0.2) is 38.3 Å². The van der Waals surface area contributed by atoms with E-state index in [9.17, 15) is 9.59 Å². The number of aromatic carboxylic acids is 1. The first-order valence-electron chi connectivity index (χ1n) is 5.16. The van der Waals surface area contributed by atoms with Gasteiger partial charge in [0.1, 0.15) is 17.2 Å². The Morgan fingerprint density at radius 1 is 1.17 bits per heavy atom. The Balaban J connectivity index is 3.48. The third kappa shape index (κ3) is 2.53. The van der Waals surface area contributed by atoms with Crippen LogP contribution in [0.25, 0.3) is 0 Å². The van der Waals surface area contributed by atoms with Crippen molar-refractivity contribution in [1.29, 1.82) is 0 Å². The number of hydrogen-bond acceptors (Lipinski definition) is 4. The van der Waals surface area contributed by atoms with Gasteiger partial charge in [0.25, 0.3) is 0 Å². The Morgan fingerprint density at radius 3 is 1.89 bits per heavy atom. The van der Waals surface area contributed by atoms with Gasteiger partial charge in [-0.15, -0.1) is 0 Å². The smallest absolute Gasteiger partial charge is 0.335 e. The Kier molecular flexibility index (Phi) is 4.14. The molecule has 0 bridgehead atoms. The van der Waals surface area contributed by atoms with E-state index in [4.69, 9.17) is 14.6 Å². The van der Waals surface area contributed by atoms with Gasteiger partial charge < -0.3 is 19.5 Å². The maximum absolute atomic E-state index is 11.4. The van der Waals surface area contributed by atoms with Gasteiger partial charge in [-0.05, 0) is 12.1 Å². The van der Waals surface area contributed by atoms with E-state index in [2.05, 4.69) is 0 Å². The molecule has 0 aliphatic rings. The first-order valence-corrected chi connectivity index (χ1v) is 5.16. The van der Waals surface area contributed by atoms with Gasteiger partial charge in [-0.1, -0.05) is 0 Å². The van der Waals surface area contributed by atoms with Crippen LogP contribution in [-0.2, 0) is 4.79 Å². The van der Waals surface area contributed by atoms with E-state index >= 15 is 0 Å². The highest BCUT2D eigenvalue weighted by Gasteiger charge is 2.20. The third-order valence-electron chi connectivity index (χ3n) is 2.53. The molecule has 0 fully saturated rings. The summed E-state index contributed by atoms with van der Waals surface area (Å²) in [6.07, 6.45) is 0. The highest BCUT2D eigenvalue weighted by Crippen LogP contribution is 2.38. The molecule has 1 amide bonds. The van der Waals surface area contributed by atoms with Crippen LogP contribution in [0.15, 0.2) is 12.1 Å². The van der Waals surface area contributed by atoms with Gasteiger partial charge in [-0.25, -0.2) is 4.79 Å². The Morgan fingerprint density at radius 2 is 1.61 bits per heavy atom. The molecule has 0 aromatic heterocycles. The van der Waals surface area contributed by atoms with E-state index in [1.54, 1.807) is 7.05 Å². The molecule has 0 saturated carbocycles. The predicted molar refractivity (Wildman–Crippen MR) is 65.6 cm³/mol. The highest BCUT2D eigenvalue weighted by molar-refractivity contribution is 5.97. The summed E-state index contributed by atoms with van der Waals surface area (Å²) < 4.78 is 10.2. The average molecular weight is 253 g/mol. The Bertz CT molecular complexity index is 458. The standard InChI is InChI=1S/C12H15NO5/c1-7(14)13(2)11-9(17-3)5-8(12(15)16)6-10(11)18-4/h5-6H,1-4H3,(H,15,16). The molecule has 18 heavy (non-hydrogen) atoms. The fourth-order valence-electron chi connectivity index (χ4n) is 1.50. The molecule has 1 aromatic carbocycles. The molecule has 6 heteroatoms. The van der Waals surface area contributed by atoms with Crippen molar-refractivity contribution < 1.29 is 24.2 Å². The summed E-state index contributed by atoms with van der Waals surface area (Å²) in [4.78, 5) is 23.7. The normalized spacial score (nSPS) is 9.78. The molecule has 1 N–H and O–H groups in total. The number of amides is 1. The zero-order chi connectivity index (χ0) is 13.9. The quantitative estimate of drug-likeness (QED) is 0.877. The van der Waals surface area contributed by atoms with Gasteiger partial charge in [-0.3, -0.25) is 4.79 Å². The van der Waals surface area contributed by atoms with Gasteiger partial charge >= 0.3 is 5.97 Å². The first-order chi connectivity index (χ1) is 8.42. The van der Waals surface area contributed by atoms with Crippen LogP contribution in [0, 0.1) is 0 Å². The van der Waals surface area contributed by atoms with Crippen LogP contribution < -0.4 is 14.4 Å². The SMILES string of the molecule is COc1cc(C(=O)O)cc(OC)c1N(C)C(C)=O. The molecule has 0 radical (unpaired) electrons. The predicted octanol–water partition coefficient (Wildman–Crippen LogP) is 1.38. The minimum atomic E-state index is -1.09. The topological polar surface area (TPSA) is 76.1 Å². The van der Waals surface area contributed by atoms with Crippen molar-refractivity contribution >= 4 is 17.6 Å². The zero-order valence-electron chi connectivity index (χ0n) is 10.7. The van der Waals surface area contributed by atoms with Crippen LogP contribution in [0.2, 0.25) is 0 Å². The minimum absolute atomic E-state index is 0.0319. The van der Waals surface area contributed by atoms with E-state index in [1.165, 1.54) is 38.2 Å². The maximum atomic E-state index is 11.4. The lowest BCUT2D eigenvalue weighted by molar-refractivity contribution is -0.116. The zero-order valence-corrected chi connectivity index (χ0v) is 10.7. The number of rotatable bonds is 4. The fourth-order valence-corrected chi connectivity index (χ4v) is 1.50. The van der Waals surface area contributed by atoms with Gasteiger partial charge in [0.15, 0.2) is 0 Å². The van der Waals surface area contributed by atoms with E-state index in [0.717, 1.165) is 0 Å². The summed E-state index contributed by atoms with van der Waals surface area (Å²) in [6.45, 7) is 1.39. The molecule has 6 nitrogen and oxygen atoms in total. The lowest BCUT2D eigenvalue weighted by atomic mass is 10.1. The molecular formula is C12H15NO5. The highest BCUT2D eigenvalue weighted by atomic mass is 16.5. The largest absolute Gasteiger partial charge is 0.494 e. The number of carbonyl (C=O) groups is 2. The summed E-state index contributed by atoms with van der Waals surface area (Å²) in [6, 6.07) is 2.69. The number of ether oxygens (including phenoxy) is 2. The second-order valence-corrected chi connectivity index (χ2v) is 3.61. The lowest BCUT2D eigenvalue weighted by Crippen LogP contribution is -2.24. The summed E-state index contributed by atoms with van der Waals surface area (Å²) in [7, 11) is 4.36. The maximum Gasteiger partial charge on any atom is 0.335 e. The molecular weight excluding hydrogens is 238 g/mol. The summed E-state index contributed by atoms with van der Waals surface area (Å²) in [5, 5.41) is 8.97. The molecule has 0 atom stereocenters. The number of nitrogens with zero attached hydrogens (tertiary/aromatic N) is 1. The molecule has 1 aromatic rings. The number of benzene rings is 1. The monoisotopic (exact) mass is 253 g/mol. The molecule has 0 heterocycles. The van der Waals surface area contributed by atoms with Gasteiger partial charge in [-0.2, -0.15) is 0 Å². The van der Waals surface area contributed by atoms with Crippen molar-refractivity contribution in [3.8, 4) is 11.5 Å². The number of anilines is 1. The van der Waals surface area contributed by atoms with Crippen molar-refractivity contribution in [3.63, 3.8) is 0 Å². The second-order valence-electron chi connectivity index (χ2n) is 3.61. The Hall–Kier alpha value is -2.24. The molecule has 0 saturated heterocycles. The van der Waals surface area contributed by atoms with E-state index in [1.807, 2.05) is 0 Å². The second kappa shape index (κ2) is 5.39. The molecule has 1 rings (SSSR count). The number of carboxylic acids is 1. The van der Waals surface area contributed by atoms with Crippen LogP contribution in [0.5, 0.6) is 11.5 Å². The number of methoxy groups -OCH3 is 2. The first kappa shape index (κ1) is 13.8. The van der Waals surface area contributed by atoms with Crippen LogP contribution in [0.4, 0.5) is 5.69 Å². The van der Waals surface area contributed by atoms with Gasteiger partial charge in [0.05, 0.1) is 19.8 Å². The fraction of sp³-hybridized carbons (Fsp3) is 0.333. The third-order valence-corrected chi connectivity index (χ3v) is 2.53. The van der Waals surface area contributed by atoms with E-state index < -0.39 is 5.97 Å². The van der Waals surface area contributed by atoms with Crippen LogP contribution in [0.3, 0.4) is 0 Å². The van der Waals surface area contributed by atoms with Crippen molar-refractivity contribution in [2.45, 2.75) is 6.92 Å². The van der Waals surface area contributed by atoms with E-state index in [-0.39, 0.29) is 23.0 Å². The number of hydrogen-bond donors (Lipinski definition) is 1. The molecule has 0 aliphatic carbocycles. The molecule has 0 aliphatic heterocycles. The Labute approximate surface area is 105 Å². The molecule has 98 valence electrons. The van der Waals surface area contributed by atoms with Crippen LogP contribution >= 0.6 is 0 Å². The molecule has 0 unspecified atom stereocenters.